The lowest BCUT2D eigenvalue weighted by Gasteiger charge is -2.11. The van der Waals surface area contributed by atoms with Gasteiger partial charge in [0.05, 0.1) is 5.69 Å². The monoisotopic (exact) mass is 369 g/mol. The summed E-state index contributed by atoms with van der Waals surface area (Å²) < 4.78 is 27.8. The maximum atomic E-state index is 12.3. The maximum absolute atomic E-state index is 12.3. The second-order valence-electron chi connectivity index (χ2n) is 4.23. The summed E-state index contributed by atoms with van der Waals surface area (Å²) in [4.78, 5) is 10.9. The van der Waals surface area contributed by atoms with Crippen molar-refractivity contribution >= 4 is 43.2 Å². The molecular weight excluding hydrogens is 358 g/mol. The van der Waals surface area contributed by atoms with Gasteiger partial charge in [-0.3, -0.25) is 9.52 Å². The van der Waals surface area contributed by atoms with Crippen molar-refractivity contribution in [2.45, 2.75) is 4.90 Å². The summed E-state index contributed by atoms with van der Waals surface area (Å²) in [7, 11) is -3.84. The Bertz CT molecular complexity index is 789. The molecule has 5 N–H and O–H groups in total. The molecule has 2 aromatic carbocycles. The molecule has 21 heavy (non-hydrogen) atoms. The van der Waals surface area contributed by atoms with Crippen molar-refractivity contribution in [3.05, 3.63) is 52.5 Å². The molecule has 0 fully saturated rings. The Labute approximate surface area is 130 Å². The number of hydrogen-bond acceptors (Lipinski definition) is 4. The van der Waals surface area contributed by atoms with Crippen molar-refractivity contribution in [3.63, 3.8) is 0 Å². The van der Waals surface area contributed by atoms with Crippen molar-refractivity contribution < 1.29 is 13.2 Å². The van der Waals surface area contributed by atoms with Crippen LogP contribution in [0.5, 0.6) is 0 Å². The van der Waals surface area contributed by atoms with E-state index in [1.807, 2.05) is 0 Å². The number of amides is 1. The van der Waals surface area contributed by atoms with Gasteiger partial charge < -0.3 is 11.5 Å². The van der Waals surface area contributed by atoms with Crippen LogP contribution < -0.4 is 16.2 Å². The van der Waals surface area contributed by atoms with Gasteiger partial charge in [-0.15, -0.1) is 0 Å². The quantitative estimate of drug-likeness (QED) is 0.713. The van der Waals surface area contributed by atoms with E-state index in [-0.39, 0.29) is 16.1 Å². The van der Waals surface area contributed by atoms with E-state index in [4.69, 9.17) is 11.5 Å². The number of nitrogens with one attached hydrogen (secondary N) is 1. The minimum Gasteiger partial charge on any atom is -0.398 e. The highest BCUT2D eigenvalue weighted by Crippen LogP contribution is 2.23. The van der Waals surface area contributed by atoms with Gasteiger partial charge in [0.15, 0.2) is 0 Å². The minimum absolute atomic E-state index is 0.0455. The first-order valence-corrected chi connectivity index (χ1v) is 8.05. The molecule has 110 valence electrons. The second-order valence-corrected chi connectivity index (χ2v) is 6.80. The third-order valence-electron chi connectivity index (χ3n) is 2.68. The molecule has 0 bridgehead atoms. The molecule has 0 aliphatic rings. The SMILES string of the molecule is NC(=O)c1ccc(S(=O)(=O)Nc2ccc(Br)cc2)c(N)c1. The smallest absolute Gasteiger partial charge is 0.263 e. The third-order valence-corrected chi connectivity index (χ3v) is 4.66. The lowest BCUT2D eigenvalue weighted by molar-refractivity contribution is 0.1000. The van der Waals surface area contributed by atoms with Crippen molar-refractivity contribution in [1.82, 2.24) is 0 Å². The van der Waals surface area contributed by atoms with E-state index in [1.165, 1.54) is 18.2 Å². The summed E-state index contributed by atoms with van der Waals surface area (Å²) in [5.74, 6) is -0.675. The molecule has 0 saturated heterocycles. The predicted octanol–water partition coefficient (Wildman–Crippen LogP) is 1.93. The molecule has 0 aliphatic heterocycles. The van der Waals surface area contributed by atoms with Gasteiger partial charge in [-0.1, -0.05) is 15.9 Å². The Balaban J connectivity index is 2.35. The number of primary amides is 1. The van der Waals surface area contributed by atoms with Gasteiger partial charge in [0.1, 0.15) is 4.90 Å². The molecule has 2 rings (SSSR count). The van der Waals surface area contributed by atoms with E-state index in [0.717, 1.165) is 4.47 Å². The van der Waals surface area contributed by atoms with Crippen LogP contribution in [-0.2, 0) is 10.0 Å². The van der Waals surface area contributed by atoms with E-state index >= 15 is 0 Å². The fourth-order valence-corrected chi connectivity index (χ4v) is 3.11. The topological polar surface area (TPSA) is 115 Å². The Kier molecular flexibility index (Phi) is 4.19. The number of carbonyl (C=O) groups is 1. The highest BCUT2D eigenvalue weighted by Gasteiger charge is 2.18. The summed E-state index contributed by atoms with van der Waals surface area (Å²) in [6.45, 7) is 0. The molecule has 2 aromatic rings. The fraction of sp³-hybridized carbons (Fsp3) is 0. The zero-order valence-electron chi connectivity index (χ0n) is 10.7. The summed E-state index contributed by atoms with van der Waals surface area (Å²) >= 11 is 3.26. The van der Waals surface area contributed by atoms with Gasteiger partial charge in [-0.2, -0.15) is 0 Å². The van der Waals surface area contributed by atoms with E-state index in [0.29, 0.717) is 5.69 Å². The summed E-state index contributed by atoms with van der Waals surface area (Å²) in [5, 5.41) is 0. The molecule has 1 amide bonds. The van der Waals surface area contributed by atoms with Crippen LogP contribution in [0.1, 0.15) is 10.4 Å². The molecule has 0 unspecified atom stereocenters. The van der Waals surface area contributed by atoms with Crippen LogP contribution in [0.3, 0.4) is 0 Å². The average molecular weight is 370 g/mol. The van der Waals surface area contributed by atoms with Crippen LogP contribution in [0.15, 0.2) is 51.8 Å². The van der Waals surface area contributed by atoms with Crippen LogP contribution in [-0.4, -0.2) is 14.3 Å². The van der Waals surface area contributed by atoms with E-state index in [1.54, 1.807) is 24.3 Å². The van der Waals surface area contributed by atoms with E-state index < -0.39 is 15.9 Å². The zero-order chi connectivity index (χ0) is 15.6. The number of benzene rings is 2. The predicted molar refractivity (Wildman–Crippen MR) is 84.3 cm³/mol. The standard InChI is InChI=1S/C13H12BrN3O3S/c14-9-2-4-10(5-3-9)17-21(19,20)12-6-1-8(13(16)18)7-11(12)15/h1-7,17H,15H2,(H2,16,18). The van der Waals surface area contributed by atoms with Crippen LogP contribution in [0, 0.1) is 0 Å². The van der Waals surface area contributed by atoms with Crippen LogP contribution >= 0.6 is 15.9 Å². The van der Waals surface area contributed by atoms with Crippen molar-refractivity contribution in [1.29, 1.82) is 0 Å². The van der Waals surface area contributed by atoms with E-state index in [9.17, 15) is 13.2 Å². The van der Waals surface area contributed by atoms with Crippen LogP contribution in [0.2, 0.25) is 0 Å². The lowest BCUT2D eigenvalue weighted by Crippen LogP contribution is -2.16. The normalized spacial score (nSPS) is 11.1. The Morgan fingerprint density at radius 1 is 1.10 bits per heavy atom. The number of anilines is 2. The van der Waals surface area contributed by atoms with Gasteiger partial charge >= 0.3 is 0 Å². The number of nitrogens with two attached hydrogens (primary N) is 2. The van der Waals surface area contributed by atoms with Crippen molar-refractivity contribution in [2.24, 2.45) is 5.73 Å². The largest absolute Gasteiger partial charge is 0.398 e. The minimum atomic E-state index is -3.84. The molecule has 6 nitrogen and oxygen atoms in total. The Morgan fingerprint density at radius 2 is 1.71 bits per heavy atom. The highest BCUT2D eigenvalue weighted by atomic mass is 79.9. The van der Waals surface area contributed by atoms with Crippen molar-refractivity contribution in [2.75, 3.05) is 10.5 Å². The van der Waals surface area contributed by atoms with E-state index in [2.05, 4.69) is 20.7 Å². The number of sulfonamides is 1. The molecule has 8 heteroatoms. The van der Waals surface area contributed by atoms with Crippen LogP contribution in [0.25, 0.3) is 0 Å². The fourth-order valence-electron chi connectivity index (χ4n) is 1.67. The Hall–Kier alpha value is -2.06. The molecule has 0 aromatic heterocycles. The third kappa shape index (κ3) is 3.53. The van der Waals surface area contributed by atoms with Gasteiger partial charge in [-0.05, 0) is 42.5 Å². The number of halogens is 1. The molecule has 0 atom stereocenters. The van der Waals surface area contributed by atoms with Gasteiger partial charge in [0.2, 0.25) is 5.91 Å². The number of rotatable bonds is 4. The molecule has 0 aliphatic carbocycles. The van der Waals surface area contributed by atoms with Crippen molar-refractivity contribution in [3.8, 4) is 0 Å². The van der Waals surface area contributed by atoms with Gasteiger partial charge in [0.25, 0.3) is 10.0 Å². The molecule has 0 spiro atoms. The number of hydrogen-bond donors (Lipinski definition) is 3. The summed E-state index contributed by atoms with van der Waals surface area (Å²) in [6.07, 6.45) is 0. The lowest BCUT2D eigenvalue weighted by atomic mass is 10.2. The first-order chi connectivity index (χ1) is 9.79. The Morgan fingerprint density at radius 3 is 2.24 bits per heavy atom. The first kappa shape index (κ1) is 15.3. The number of carbonyl (C=O) groups excluding carboxylic acids is 1. The average Bonchev–Trinajstić information content (AvgIpc) is 2.40. The summed E-state index contributed by atoms with van der Waals surface area (Å²) in [6, 6.07) is 10.4. The molecular formula is C13H12BrN3O3S. The maximum Gasteiger partial charge on any atom is 0.263 e. The molecule has 0 radical (unpaired) electrons. The van der Waals surface area contributed by atoms with Crippen LogP contribution in [0.4, 0.5) is 11.4 Å². The number of nitrogen functional groups attached to an aromatic ring is 1. The second kappa shape index (κ2) is 5.74. The van der Waals surface area contributed by atoms with Gasteiger partial charge in [-0.25, -0.2) is 8.42 Å². The molecule has 0 heterocycles. The zero-order valence-corrected chi connectivity index (χ0v) is 13.1. The van der Waals surface area contributed by atoms with Gasteiger partial charge in [0, 0.05) is 15.7 Å². The highest BCUT2D eigenvalue weighted by molar-refractivity contribution is 9.10. The molecule has 0 saturated carbocycles. The first-order valence-electron chi connectivity index (χ1n) is 5.77. The summed E-state index contributed by atoms with van der Waals surface area (Å²) in [5.41, 5.74) is 11.3.